The average molecular weight is 242 g/mol. The average Bonchev–Trinajstić information content (AvgIpc) is 2.69. The van der Waals surface area contributed by atoms with Gasteiger partial charge in [0.1, 0.15) is 11.6 Å². The van der Waals surface area contributed by atoms with Gasteiger partial charge < -0.3 is 5.73 Å². The molecule has 0 spiro atoms. The number of nitrogens with zero attached hydrogens (tertiary/aromatic N) is 3. The molecule has 4 nitrogen and oxygen atoms in total. The summed E-state index contributed by atoms with van der Waals surface area (Å²) in [5.41, 5.74) is 8.96. The Balaban J connectivity index is 2.30. The van der Waals surface area contributed by atoms with E-state index < -0.39 is 0 Å². The first-order valence-corrected chi connectivity index (χ1v) is 5.52. The summed E-state index contributed by atoms with van der Waals surface area (Å²) >= 11 is 0. The van der Waals surface area contributed by atoms with Gasteiger partial charge >= 0.3 is 0 Å². The largest absolute Gasteiger partial charge is 0.384 e. The van der Waals surface area contributed by atoms with Gasteiger partial charge in [-0.25, -0.2) is 13.9 Å². The van der Waals surface area contributed by atoms with Crippen molar-refractivity contribution < 1.29 is 4.39 Å². The second-order valence-electron chi connectivity index (χ2n) is 4.13. The summed E-state index contributed by atoms with van der Waals surface area (Å²) in [5.74, 6) is 0.149. The van der Waals surface area contributed by atoms with E-state index in [0.717, 1.165) is 17.0 Å². The van der Waals surface area contributed by atoms with Gasteiger partial charge in [0.2, 0.25) is 0 Å². The molecule has 0 fully saturated rings. The van der Waals surface area contributed by atoms with Gasteiger partial charge in [-0.15, -0.1) is 0 Å². The summed E-state index contributed by atoms with van der Waals surface area (Å²) < 4.78 is 14.6. The van der Waals surface area contributed by atoms with Crippen molar-refractivity contribution >= 4 is 11.5 Å². The molecule has 0 radical (unpaired) electrons. The van der Waals surface area contributed by atoms with Crippen LogP contribution in [0.15, 0.2) is 36.4 Å². The van der Waals surface area contributed by atoms with Crippen molar-refractivity contribution in [3.8, 4) is 11.3 Å². The molecule has 2 heterocycles. The normalized spacial score (nSPS) is 11.0. The number of nitrogen functional groups attached to an aromatic ring is 1. The number of benzene rings is 1. The zero-order valence-corrected chi connectivity index (χ0v) is 9.76. The highest BCUT2D eigenvalue weighted by molar-refractivity contribution is 5.66. The number of aryl methyl sites for hydroxylation is 1. The van der Waals surface area contributed by atoms with E-state index in [1.54, 1.807) is 22.7 Å². The number of aromatic nitrogens is 3. The van der Waals surface area contributed by atoms with E-state index in [-0.39, 0.29) is 5.82 Å². The highest BCUT2D eigenvalue weighted by atomic mass is 19.1. The Hall–Kier alpha value is -2.43. The maximum Gasteiger partial charge on any atom is 0.158 e. The molecular formula is C13H11FN4. The van der Waals surface area contributed by atoms with Gasteiger partial charge in [0.15, 0.2) is 5.65 Å². The lowest BCUT2D eigenvalue weighted by atomic mass is 10.1. The van der Waals surface area contributed by atoms with Crippen molar-refractivity contribution in [1.29, 1.82) is 0 Å². The second-order valence-corrected chi connectivity index (χ2v) is 4.13. The number of halogens is 1. The van der Waals surface area contributed by atoms with Gasteiger partial charge in [-0.1, -0.05) is 0 Å². The summed E-state index contributed by atoms with van der Waals surface area (Å²) in [4.78, 5) is 4.20. The van der Waals surface area contributed by atoms with Crippen molar-refractivity contribution in [3.63, 3.8) is 0 Å². The highest BCUT2D eigenvalue weighted by Crippen LogP contribution is 2.22. The molecule has 0 saturated heterocycles. The molecule has 1 aromatic carbocycles. The highest BCUT2D eigenvalue weighted by Gasteiger charge is 2.08. The van der Waals surface area contributed by atoms with E-state index in [1.165, 1.54) is 12.1 Å². The van der Waals surface area contributed by atoms with E-state index in [4.69, 9.17) is 5.73 Å². The molecule has 3 rings (SSSR count). The summed E-state index contributed by atoms with van der Waals surface area (Å²) in [7, 11) is 0. The number of rotatable bonds is 1. The van der Waals surface area contributed by atoms with Crippen LogP contribution in [-0.4, -0.2) is 14.6 Å². The van der Waals surface area contributed by atoms with Gasteiger partial charge in [-0.2, -0.15) is 5.10 Å². The smallest absolute Gasteiger partial charge is 0.158 e. The molecule has 0 amide bonds. The SMILES string of the molecule is Cc1cc2nc(N)cc(-c3ccc(F)cc3)n2n1. The van der Waals surface area contributed by atoms with Crippen molar-refractivity contribution in [1.82, 2.24) is 14.6 Å². The Labute approximate surface area is 103 Å². The molecule has 0 bridgehead atoms. The fourth-order valence-corrected chi connectivity index (χ4v) is 1.93. The van der Waals surface area contributed by atoms with Crippen molar-refractivity contribution in [3.05, 3.63) is 47.9 Å². The number of nitrogens with two attached hydrogens (primary N) is 1. The standard InChI is InChI=1S/C13H11FN4/c1-8-6-13-16-12(15)7-11(18(13)17-8)9-2-4-10(14)5-3-9/h2-7H,1H3,(H2,15,16). The monoisotopic (exact) mass is 242 g/mol. The predicted molar refractivity (Wildman–Crippen MR) is 67.5 cm³/mol. The maximum atomic E-state index is 12.9. The Morgan fingerprint density at radius 2 is 1.89 bits per heavy atom. The Morgan fingerprint density at radius 3 is 2.61 bits per heavy atom. The molecule has 3 aromatic rings. The zero-order valence-electron chi connectivity index (χ0n) is 9.76. The number of anilines is 1. The minimum atomic E-state index is -0.270. The van der Waals surface area contributed by atoms with Gasteiger partial charge in [-0.3, -0.25) is 0 Å². The summed E-state index contributed by atoms with van der Waals surface area (Å²) in [6.07, 6.45) is 0. The summed E-state index contributed by atoms with van der Waals surface area (Å²) in [5, 5.41) is 4.36. The molecule has 5 heteroatoms. The van der Waals surface area contributed by atoms with Gasteiger partial charge in [0.05, 0.1) is 11.4 Å². The second kappa shape index (κ2) is 3.80. The molecule has 0 aliphatic rings. The summed E-state index contributed by atoms with van der Waals surface area (Å²) in [6.45, 7) is 1.89. The predicted octanol–water partition coefficient (Wildman–Crippen LogP) is 2.43. The van der Waals surface area contributed by atoms with Crippen LogP contribution < -0.4 is 5.73 Å². The third-order valence-electron chi connectivity index (χ3n) is 2.71. The molecule has 2 aromatic heterocycles. The molecule has 0 atom stereocenters. The first kappa shape index (κ1) is 10.7. The Bertz CT molecular complexity index is 716. The van der Waals surface area contributed by atoms with Crippen LogP contribution in [0.5, 0.6) is 0 Å². The van der Waals surface area contributed by atoms with Crippen molar-refractivity contribution in [2.75, 3.05) is 5.73 Å². The molecule has 0 unspecified atom stereocenters. The van der Waals surface area contributed by atoms with Crippen LogP contribution in [0.4, 0.5) is 10.2 Å². The third kappa shape index (κ3) is 1.69. The zero-order chi connectivity index (χ0) is 12.7. The number of hydrogen-bond acceptors (Lipinski definition) is 3. The molecule has 2 N–H and O–H groups in total. The van der Waals surface area contributed by atoms with Crippen LogP contribution in [0.25, 0.3) is 16.9 Å². The molecule has 0 aliphatic carbocycles. The molecule has 0 aliphatic heterocycles. The van der Waals surface area contributed by atoms with Crippen LogP contribution in [0.3, 0.4) is 0 Å². The van der Waals surface area contributed by atoms with Crippen LogP contribution in [0.1, 0.15) is 5.69 Å². The van der Waals surface area contributed by atoms with E-state index in [2.05, 4.69) is 10.1 Å². The first-order valence-electron chi connectivity index (χ1n) is 5.52. The lowest BCUT2D eigenvalue weighted by Crippen LogP contribution is -2.00. The van der Waals surface area contributed by atoms with E-state index in [1.807, 2.05) is 13.0 Å². The maximum absolute atomic E-state index is 12.9. The van der Waals surface area contributed by atoms with Gasteiger partial charge in [0.25, 0.3) is 0 Å². The number of fused-ring (bicyclic) bond motifs is 1. The molecule has 0 saturated carbocycles. The van der Waals surface area contributed by atoms with E-state index in [0.29, 0.717) is 11.5 Å². The Morgan fingerprint density at radius 1 is 1.17 bits per heavy atom. The fraction of sp³-hybridized carbons (Fsp3) is 0.0769. The van der Waals surface area contributed by atoms with Crippen LogP contribution in [0.2, 0.25) is 0 Å². The molecular weight excluding hydrogens is 231 g/mol. The Kier molecular flexibility index (Phi) is 2.26. The topological polar surface area (TPSA) is 56.2 Å². The lowest BCUT2D eigenvalue weighted by molar-refractivity contribution is 0.628. The van der Waals surface area contributed by atoms with E-state index in [9.17, 15) is 4.39 Å². The van der Waals surface area contributed by atoms with Crippen LogP contribution >= 0.6 is 0 Å². The van der Waals surface area contributed by atoms with Gasteiger partial charge in [-0.05, 0) is 31.2 Å². The molecule has 90 valence electrons. The van der Waals surface area contributed by atoms with Gasteiger partial charge in [0, 0.05) is 17.7 Å². The minimum Gasteiger partial charge on any atom is -0.384 e. The van der Waals surface area contributed by atoms with E-state index >= 15 is 0 Å². The van der Waals surface area contributed by atoms with Crippen LogP contribution in [-0.2, 0) is 0 Å². The lowest BCUT2D eigenvalue weighted by Gasteiger charge is -2.05. The molecule has 18 heavy (non-hydrogen) atoms. The summed E-state index contributed by atoms with van der Waals surface area (Å²) in [6, 6.07) is 9.79. The van der Waals surface area contributed by atoms with Crippen molar-refractivity contribution in [2.45, 2.75) is 6.92 Å². The first-order chi connectivity index (χ1) is 8.63. The van der Waals surface area contributed by atoms with Crippen molar-refractivity contribution in [2.24, 2.45) is 0 Å². The minimum absolute atomic E-state index is 0.270. The van der Waals surface area contributed by atoms with Crippen LogP contribution in [0, 0.1) is 12.7 Å². The third-order valence-corrected chi connectivity index (χ3v) is 2.71. The number of hydrogen-bond donors (Lipinski definition) is 1. The quantitative estimate of drug-likeness (QED) is 0.713. The fourth-order valence-electron chi connectivity index (χ4n) is 1.93.